The molecule has 0 aliphatic carbocycles. The third-order valence-electron chi connectivity index (χ3n) is 4.33. The molecule has 0 saturated heterocycles. The fourth-order valence-corrected chi connectivity index (χ4v) is 2.89. The number of nitrogens with zero attached hydrogens (tertiary/aromatic N) is 3. The second-order valence-corrected chi connectivity index (χ2v) is 6.39. The van der Waals surface area contributed by atoms with Gasteiger partial charge in [0.05, 0.1) is 18.1 Å². The number of ketones is 1. The number of nitriles is 1. The van der Waals surface area contributed by atoms with E-state index in [1.165, 1.54) is 0 Å². The summed E-state index contributed by atoms with van der Waals surface area (Å²) in [4.78, 5) is 19.7. The Morgan fingerprint density at radius 2 is 1.89 bits per heavy atom. The Kier molecular flexibility index (Phi) is 4.81. The summed E-state index contributed by atoms with van der Waals surface area (Å²) >= 11 is 0. The van der Waals surface area contributed by atoms with Crippen LogP contribution in [0, 0.1) is 11.3 Å². The molecule has 2 aromatic carbocycles. The molecule has 4 aromatic rings. The second kappa shape index (κ2) is 7.72. The van der Waals surface area contributed by atoms with Crippen molar-refractivity contribution in [2.75, 3.05) is 0 Å². The number of hydrogen-bond acceptors (Lipinski definition) is 5. The number of nitrogens with one attached hydrogen (secondary N) is 1. The van der Waals surface area contributed by atoms with Crippen LogP contribution in [0.1, 0.15) is 33.2 Å². The van der Waals surface area contributed by atoms with Crippen molar-refractivity contribution in [1.82, 2.24) is 15.1 Å². The van der Waals surface area contributed by atoms with E-state index in [1.54, 1.807) is 24.4 Å². The van der Waals surface area contributed by atoms with E-state index in [9.17, 15) is 4.79 Å². The third kappa shape index (κ3) is 3.89. The van der Waals surface area contributed by atoms with E-state index in [2.05, 4.69) is 21.2 Å². The van der Waals surface area contributed by atoms with Crippen molar-refractivity contribution in [2.45, 2.75) is 12.8 Å². The molecule has 0 atom stereocenters. The molecule has 6 nitrogen and oxygen atoms in total. The summed E-state index contributed by atoms with van der Waals surface area (Å²) in [6, 6.07) is 20.8. The number of carbonyl (C=O) groups excluding carboxylic acids is 1. The minimum absolute atomic E-state index is 0.0870. The highest BCUT2D eigenvalue weighted by molar-refractivity contribution is 5.94. The topological polar surface area (TPSA) is 95.6 Å². The average molecular weight is 368 g/mol. The Bertz CT molecular complexity index is 1140. The molecular weight excluding hydrogens is 352 g/mol. The maximum Gasteiger partial charge on any atom is 0.205 e. The lowest BCUT2D eigenvalue weighted by atomic mass is 10.1. The van der Waals surface area contributed by atoms with Crippen LogP contribution in [0.4, 0.5) is 0 Å². The van der Waals surface area contributed by atoms with Gasteiger partial charge in [-0.05, 0) is 17.7 Å². The smallest absolute Gasteiger partial charge is 0.205 e. The number of benzene rings is 2. The van der Waals surface area contributed by atoms with Crippen LogP contribution < -0.4 is 0 Å². The number of aromatic amines is 1. The zero-order valence-corrected chi connectivity index (χ0v) is 14.9. The third-order valence-corrected chi connectivity index (χ3v) is 4.33. The molecule has 0 fully saturated rings. The van der Waals surface area contributed by atoms with Crippen molar-refractivity contribution in [3.63, 3.8) is 0 Å². The highest BCUT2D eigenvalue weighted by Crippen LogP contribution is 2.19. The summed E-state index contributed by atoms with van der Waals surface area (Å²) in [5.41, 5.74) is 4.11. The van der Waals surface area contributed by atoms with Gasteiger partial charge >= 0.3 is 0 Å². The van der Waals surface area contributed by atoms with E-state index in [-0.39, 0.29) is 12.2 Å². The SMILES string of the molecule is N#Cc1ccc(Cc2cnc(C(=O)Cc3cc(-c4ccccc4)no3)[nH]2)cc1. The quantitative estimate of drug-likeness (QED) is 0.520. The summed E-state index contributed by atoms with van der Waals surface area (Å²) in [7, 11) is 0. The lowest BCUT2D eigenvalue weighted by Gasteiger charge is -1.99. The van der Waals surface area contributed by atoms with Crippen LogP contribution >= 0.6 is 0 Å². The number of H-pyrrole nitrogens is 1. The zero-order chi connectivity index (χ0) is 19.3. The molecular formula is C22H16N4O2. The Balaban J connectivity index is 1.42. The number of hydrogen-bond donors (Lipinski definition) is 1. The molecule has 0 aliphatic rings. The molecule has 1 N–H and O–H groups in total. The molecule has 0 saturated carbocycles. The fraction of sp³-hybridized carbons (Fsp3) is 0.0909. The highest BCUT2D eigenvalue weighted by atomic mass is 16.5. The normalized spacial score (nSPS) is 10.5. The van der Waals surface area contributed by atoms with Gasteiger partial charge in [0.2, 0.25) is 5.78 Å². The van der Waals surface area contributed by atoms with Gasteiger partial charge < -0.3 is 9.51 Å². The molecule has 0 unspecified atom stereocenters. The predicted molar refractivity (Wildman–Crippen MR) is 103 cm³/mol. The number of Topliss-reactive ketones (excluding diaryl/α,β-unsaturated/α-hetero) is 1. The Labute approximate surface area is 161 Å². The van der Waals surface area contributed by atoms with Gasteiger partial charge in [-0.2, -0.15) is 5.26 Å². The van der Waals surface area contributed by atoms with Gasteiger partial charge in [-0.3, -0.25) is 4.79 Å². The minimum atomic E-state index is -0.165. The van der Waals surface area contributed by atoms with Crippen LogP contribution in [0.3, 0.4) is 0 Å². The fourth-order valence-electron chi connectivity index (χ4n) is 2.89. The highest BCUT2D eigenvalue weighted by Gasteiger charge is 2.15. The molecule has 136 valence electrons. The summed E-state index contributed by atoms with van der Waals surface area (Å²) in [5.74, 6) is 0.622. The van der Waals surface area contributed by atoms with E-state index >= 15 is 0 Å². The van der Waals surface area contributed by atoms with Crippen LogP contribution in [-0.4, -0.2) is 20.9 Å². The summed E-state index contributed by atoms with van der Waals surface area (Å²) in [6.07, 6.45) is 2.34. The first-order valence-corrected chi connectivity index (χ1v) is 8.78. The Morgan fingerprint density at radius 3 is 2.64 bits per heavy atom. The van der Waals surface area contributed by atoms with E-state index < -0.39 is 0 Å². The van der Waals surface area contributed by atoms with E-state index in [0.29, 0.717) is 29.3 Å². The number of imidazole rings is 1. The molecule has 0 spiro atoms. The van der Waals surface area contributed by atoms with Crippen molar-refractivity contribution < 1.29 is 9.32 Å². The largest absolute Gasteiger partial charge is 0.360 e. The first-order valence-electron chi connectivity index (χ1n) is 8.78. The molecule has 0 aliphatic heterocycles. The van der Waals surface area contributed by atoms with E-state index in [0.717, 1.165) is 16.8 Å². The van der Waals surface area contributed by atoms with Gasteiger partial charge in [0.25, 0.3) is 0 Å². The van der Waals surface area contributed by atoms with Gasteiger partial charge in [-0.15, -0.1) is 0 Å². The Hall–Kier alpha value is -3.98. The van der Waals surface area contributed by atoms with Crippen molar-refractivity contribution in [1.29, 1.82) is 5.26 Å². The maximum atomic E-state index is 12.5. The average Bonchev–Trinajstić information content (AvgIpc) is 3.39. The van der Waals surface area contributed by atoms with E-state index in [1.807, 2.05) is 42.5 Å². The Morgan fingerprint density at radius 1 is 1.11 bits per heavy atom. The van der Waals surface area contributed by atoms with Gasteiger partial charge in [0, 0.05) is 29.9 Å². The van der Waals surface area contributed by atoms with Crippen LogP contribution in [0.5, 0.6) is 0 Å². The first kappa shape index (κ1) is 17.4. The van der Waals surface area contributed by atoms with Gasteiger partial charge in [0.1, 0.15) is 11.5 Å². The van der Waals surface area contributed by atoms with Crippen LogP contribution in [0.2, 0.25) is 0 Å². The van der Waals surface area contributed by atoms with Crippen LogP contribution in [-0.2, 0) is 12.8 Å². The van der Waals surface area contributed by atoms with Gasteiger partial charge in [-0.1, -0.05) is 47.6 Å². The number of rotatable bonds is 6. The predicted octanol–water partition coefficient (Wildman–Crippen LogP) is 3.95. The lowest BCUT2D eigenvalue weighted by Crippen LogP contribution is -2.05. The summed E-state index contributed by atoms with van der Waals surface area (Å²) < 4.78 is 5.30. The monoisotopic (exact) mass is 368 g/mol. The minimum Gasteiger partial charge on any atom is -0.360 e. The summed E-state index contributed by atoms with van der Waals surface area (Å²) in [5, 5.41) is 12.9. The number of carbonyl (C=O) groups is 1. The van der Waals surface area contributed by atoms with Gasteiger partial charge in [0.15, 0.2) is 5.82 Å². The van der Waals surface area contributed by atoms with Crippen molar-refractivity contribution in [3.05, 3.63) is 95.3 Å². The molecule has 28 heavy (non-hydrogen) atoms. The molecule has 2 aromatic heterocycles. The molecule has 0 amide bonds. The molecule has 2 heterocycles. The van der Waals surface area contributed by atoms with Crippen LogP contribution in [0.15, 0.2) is 71.4 Å². The maximum absolute atomic E-state index is 12.5. The van der Waals surface area contributed by atoms with Gasteiger partial charge in [-0.25, -0.2) is 4.98 Å². The second-order valence-electron chi connectivity index (χ2n) is 6.39. The van der Waals surface area contributed by atoms with Crippen LogP contribution in [0.25, 0.3) is 11.3 Å². The molecule has 0 bridgehead atoms. The van der Waals surface area contributed by atoms with Crippen molar-refractivity contribution in [2.24, 2.45) is 0 Å². The zero-order valence-electron chi connectivity index (χ0n) is 14.9. The molecule has 4 rings (SSSR count). The van der Waals surface area contributed by atoms with Crippen molar-refractivity contribution >= 4 is 5.78 Å². The molecule has 0 radical (unpaired) electrons. The van der Waals surface area contributed by atoms with Crippen molar-refractivity contribution in [3.8, 4) is 17.3 Å². The first-order chi connectivity index (χ1) is 13.7. The molecule has 6 heteroatoms. The standard InChI is InChI=1S/C22H16N4O2/c23-13-16-8-6-15(7-9-16)10-18-14-24-22(25-18)21(27)12-19-11-20(26-28-19)17-4-2-1-3-5-17/h1-9,11,14H,10,12H2,(H,24,25). The summed E-state index contributed by atoms with van der Waals surface area (Å²) in [6.45, 7) is 0. The van der Waals surface area contributed by atoms with E-state index in [4.69, 9.17) is 9.78 Å². The number of aromatic nitrogens is 3. The lowest BCUT2D eigenvalue weighted by molar-refractivity contribution is 0.0975.